The molecule has 1 unspecified atom stereocenters. The largest absolute Gasteiger partial charge is 0.356 e. The zero-order valence-corrected chi connectivity index (χ0v) is 9.51. The summed E-state index contributed by atoms with van der Waals surface area (Å²) >= 11 is 0. The second-order valence-electron chi connectivity index (χ2n) is 5.36. The molecule has 2 fully saturated rings. The van der Waals surface area contributed by atoms with Gasteiger partial charge in [-0.05, 0) is 25.2 Å². The van der Waals surface area contributed by atoms with Gasteiger partial charge in [0.1, 0.15) is 6.23 Å². The van der Waals surface area contributed by atoms with E-state index in [9.17, 15) is 0 Å². The Morgan fingerprint density at radius 1 is 1.29 bits per heavy atom. The zero-order chi connectivity index (χ0) is 10.0. The van der Waals surface area contributed by atoms with E-state index in [1.165, 1.54) is 32.1 Å². The maximum atomic E-state index is 6.19. The number of hydrogen-bond donors (Lipinski definition) is 1. The Morgan fingerprint density at radius 2 is 2.00 bits per heavy atom. The Kier molecular flexibility index (Phi) is 3.13. The molecule has 1 aliphatic carbocycles. The van der Waals surface area contributed by atoms with Gasteiger partial charge in [0, 0.05) is 6.54 Å². The maximum Gasteiger partial charge on any atom is 0.109 e. The molecular weight excluding hydrogens is 174 g/mol. The predicted molar refractivity (Wildman–Crippen MR) is 58.1 cm³/mol. The minimum absolute atomic E-state index is 0.220. The summed E-state index contributed by atoms with van der Waals surface area (Å²) in [6.07, 6.45) is 8.14. The molecule has 14 heavy (non-hydrogen) atoms. The summed E-state index contributed by atoms with van der Waals surface area (Å²) in [6.45, 7) is 5.61. The van der Waals surface area contributed by atoms with E-state index < -0.39 is 0 Å². The van der Waals surface area contributed by atoms with E-state index in [1.54, 1.807) is 0 Å². The molecule has 1 atom stereocenters. The van der Waals surface area contributed by atoms with Gasteiger partial charge in [0.15, 0.2) is 0 Å². The zero-order valence-electron chi connectivity index (χ0n) is 9.51. The molecule has 2 heteroatoms. The first-order chi connectivity index (χ1) is 6.70. The van der Waals surface area contributed by atoms with Crippen molar-refractivity contribution in [1.82, 2.24) is 5.32 Å². The fourth-order valence-corrected chi connectivity index (χ4v) is 2.74. The highest BCUT2D eigenvalue weighted by molar-refractivity contribution is 4.92. The number of hydrogen-bond acceptors (Lipinski definition) is 2. The minimum atomic E-state index is 0.220. The van der Waals surface area contributed by atoms with Gasteiger partial charge in [0.25, 0.3) is 0 Å². The van der Waals surface area contributed by atoms with Gasteiger partial charge in [0.05, 0.1) is 5.60 Å². The van der Waals surface area contributed by atoms with Gasteiger partial charge < -0.3 is 4.74 Å². The lowest BCUT2D eigenvalue weighted by Gasteiger charge is -2.32. The van der Waals surface area contributed by atoms with Gasteiger partial charge in [-0.3, -0.25) is 5.32 Å². The molecule has 1 spiro atoms. The Morgan fingerprint density at radius 3 is 2.64 bits per heavy atom. The molecule has 2 nitrogen and oxygen atoms in total. The van der Waals surface area contributed by atoms with Crippen LogP contribution in [0.5, 0.6) is 0 Å². The van der Waals surface area contributed by atoms with Gasteiger partial charge in [-0.2, -0.15) is 0 Å². The molecule has 1 N–H and O–H groups in total. The van der Waals surface area contributed by atoms with Gasteiger partial charge >= 0.3 is 0 Å². The van der Waals surface area contributed by atoms with E-state index in [0.29, 0.717) is 6.23 Å². The smallest absolute Gasteiger partial charge is 0.109 e. The van der Waals surface area contributed by atoms with Crippen LogP contribution < -0.4 is 5.32 Å². The third kappa shape index (κ3) is 2.29. The lowest BCUT2D eigenvalue weighted by molar-refractivity contribution is -0.0659. The lowest BCUT2D eigenvalue weighted by Crippen LogP contribution is -2.35. The first kappa shape index (κ1) is 10.4. The molecule has 0 amide bonds. The van der Waals surface area contributed by atoms with E-state index in [4.69, 9.17) is 4.74 Å². The van der Waals surface area contributed by atoms with Crippen LogP contribution in [-0.2, 0) is 4.74 Å². The van der Waals surface area contributed by atoms with Crippen LogP contribution in [0.3, 0.4) is 0 Å². The summed E-state index contributed by atoms with van der Waals surface area (Å²) in [5.74, 6) is 0.728. The topological polar surface area (TPSA) is 21.3 Å². The molecule has 0 aromatic carbocycles. The van der Waals surface area contributed by atoms with E-state index in [2.05, 4.69) is 19.2 Å². The normalized spacial score (nSPS) is 31.5. The molecule has 0 aromatic rings. The Balaban J connectivity index is 1.86. The summed E-state index contributed by atoms with van der Waals surface area (Å²) in [6, 6.07) is 0. The van der Waals surface area contributed by atoms with Crippen LogP contribution in [0.2, 0.25) is 0 Å². The minimum Gasteiger partial charge on any atom is -0.356 e. The molecule has 2 aliphatic rings. The Bertz CT molecular complexity index is 185. The van der Waals surface area contributed by atoms with Crippen LogP contribution in [0.1, 0.15) is 52.4 Å². The summed E-state index contributed by atoms with van der Waals surface area (Å²) in [5, 5.41) is 3.53. The number of ether oxygens (including phenoxy) is 1. The van der Waals surface area contributed by atoms with Crippen LogP contribution in [0.25, 0.3) is 0 Å². The van der Waals surface area contributed by atoms with E-state index in [0.717, 1.165) is 18.9 Å². The fraction of sp³-hybridized carbons (Fsp3) is 1.00. The molecule has 82 valence electrons. The SMILES string of the molecule is CC(C)CC1NCC2(CCCCC2)O1. The second kappa shape index (κ2) is 4.19. The van der Waals surface area contributed by atoms with Crippen LogP contribution in [0.4, 0.5) is 0 Å². The lowest BCUT2D eigenvalue weighted by atomic mass is 9.85. The van der Waals surface area contributed by atoms with Crippen LogP contribution in [-0.4, -0.2) is 18.4 Å². The van der Waals surface area contributed by atoms with Crippen LogP contribution in [0, 0.1) is 5.92 Å². The standard InChI is InChI=1S/C12H23NO/c1-10(2)8-11-13-9-12(14-11)6-4-3-5-7-12/h10-11,13H,3-9H2,1-2H3. The monoisotopic (exact) mass is 197 g/mol. The molecule has 0 bridgehead atoms. The first-order valence-corrected chi connectivity index (χ1v) is 6.11. The number of rotatable bonds is 2. The highest BCUT2D eigenvalue weighted by atomic mass is 16.5. The van der Waals surface area contributed by atoms with Crippen molar-refractivity contribution in [1.29, 1.82) is 0 Å². The molecule has 1 aliphatic heterocycles. The third-order valence-corrected chi connectivity index (χ3v) is 3.49. The quantitative estimate of drug-likeness (QED) is 0.735. The van der Waals surface area contributed by atoms with Gasteiger partial charge in [-0.1, -0.05) is 33.1 Å². The Labute approximate surface area is 87.4 Å². The van der Waals surface area contributed by atoms with Gasteiger partial charge in [-0.15, -0.1) is 0 Å². The molecular formula is C12H23NO. The fourth-order valence-electron chi connectivity index (χ4n) is 2.74. The van der Waals surface area contributed by atoms with E-state index >= 15 is 0 Å². The van der Waals surface area contributed by atoms with Crippen molar-refractivity contribution in [3.63, 3.8) is 0 Å². The first-order valence-electron chi connectivity index (χ1n) is 6.11. The highest BCUT2D eigenvalue weighted by Crippen LogP contribution is 2.35. The van der Waals surface area contributed by atoms with Crippen molar-refractivity contribution >= 4 is 0 Å². The molecule has 0 aromatic heterocycles. The van der Waals surface area contributed by atoms with Crippen molar-refractivity contribution in [2.24, 2.45) is 5.92 Å². The molecule has 1 saturated carbocycles. The third-order valence-electron chi connectivity index (χ3n) is 3.49. The van der Waals surface area contributed by atoms with E-state index in [1.807, 2.05) is 0 Å². The van der Waals surface area contributed by atoms with Crippen molar-refractivity contribution < 1.29 is 4.74 Å². The van der Waals surface area contributed by atoms with Crippen molar-refractivity contribution in [2.45, 2.75) is 64.2 Å². The van der Waals surface area contributed by atoms with Gasteiger partial charge in [-0.25, -0.2) is 0 Å². The molecule has 1 heterocycles. The average Bonchev–Trinajstić information content (AvgIpc) is 2.49. The van der Waals surface area contributed by atoms with E-state index in [-0.39, 0.29) is 5.60 Å². The van der Waals surface area contributed by atoms with Gasteiger partial charge in [0.2, 0.25) is 0 Å². The highest BCUT2D eigenvalue weighted by Gasteiger charge is 2.40. The predicted octanol–water partition coefficient (Wildman–Crippen LogP) is 2.68. The van der Waals surface area contributed by atoms with Crippen molar-refractivity contribution in [2.75, 3.05) is 6.54 Å². The summed E-state index contributed by atoms with van der Waals surface area (Å²) in [5.41, 5.74) is 0.220. The molecule has 1 saturated heterocycles. The second-order valence-corrected chi connectivity index (χ2v) is 5.36. The molecule has 0 radical (unpaired) electrons. The summed E-state index contributed by atoms with van der Waals surface area (Å²) in [7, 11) is 0. The Hall–Kier alpha value is -0.0800. The summed E-state index contributed by atoms with van der Waals surface area (Å²) < 4.78 is 6.19. The average molecular weight is 197 g/mol. The van der Waals surface area contributed by atoms with Crippen LogP contribution >= 0.6 is 0 Å². The van der Waals surface area contributed by atoms with Crippen LogP contribution in [0.15, 0.2) is 0 Å². The van der Waals surface area contributed by atoms with Crippen molar-refractivity contribution in [3.8, 4) is 0 Å². The van der Waals surface area contributed by atoms with Crippen molar-refractivity contribution in [3.05, 3.63) is 0 Å². The summed E-state index contributed by atoms with van der Waals surface area (Å²) in [4.78, 5) is 0. The maximum absolute atomic E-state index is 6.19. The molecule has 2 rings (SSSR count). The number of nitrogens with one attached hydrogen (secondary N) is 1.